The number of hydrogen-bond acceptors (Lipinski definition) is 3. The zero-order chi connectivity index (χ0) is 15.3. The van der Waals surface area contributed by atoms with Crippen LogP contribution in [0.15, 0.2) is 18.2 Å². The molecule has 0 radical (unpaired) electrons. The molecule has 2 unspecified atom stereocenters. The van der Waals surface area contributed by atoms with E-state index in [0.717, 1.165) is 12.0 Å². The Morgan fingerprint density at radius 1 is 1.48 bits per heavy atom. The van der Waals surface area contributed by atoms with E-state index in [4.69, 9.17) is 17.3 Å². The van der Waals surface area contributed by atoms with Crippen LogP contribution >= 0.6 is 24.0 Å². The third-order valence-electron chi connectivity index (χ3n) is 2.95. The number of rotatable bonds is 6. The number of benzene rings is 1. The maximum Gasteiger partial charge on any atom is 0.244 e. The van der Waals surface area contributed by atoms with Gasteiger partial charge in [-0.15, -0.1) is 12.4 Å². The summed E-state index contributed by atoms with van der Waals surface area (Å²) in [5.74, 6) is 0.127. The van der Waals surface area contributed by atoms with E-state index in [1.54, 1.807) is 31.4 Å². The van der Waals surface area contributed by atoms with Gasteiger partial charge in [0.1, 0.15) is 0 Å². The number of hydrogen-bond donors (Lipinski definition) is 2. The molecule has 0 saturated carbocycles. The van der Waals surface area contributed by atoms with Crippen molar-refractivity contribution in [3.63, 3.8) is 0 Å². The quantitative estimate of drug-likeness (QED) is 0.825. The molecular weight excluding hydrogens is 331 g/mol. The Balaban J connectivity index is 0.00000400. The summed E-state index contributed by atoms with van der Waals surface area (Å²) < 4.78 is 11.3. The van der Waals surface area contributed by atoms with Crippen LogP contribution in [0.25, 0.3) is 0 Å². The maximum atomic E-state index is 12.1. The van der Waals surface area contributed by atoms with Gasteiger partial charge in [0.25, 0.3) is 0 Å². The SMILES string of the molecule is CCCC(C)(N)C(=O)Nc1ccc(Cl)c(CS(C)=O)c1.Cl. The van der Waals surface area contributed by atoms with Gasteiger partial charge in [-0.3, -0.25) is 9.00 Å². The molecule has 0 aliphatic rings. The number of anilines is 1. The van der Waals surface area contributed by atoms with Gasteiger partial charge >= 0.3 is 0 Å². The van der Waals surface area contributed by atoms with E-state index < -0.39 is 16.3 Å². The van der Waals surface area contributed by atoms with Gasteiger partial charge in [0.15, 0.2) is 0 Å². The van der Waals surface area contributed by atoms with Crippen LogP contribution in [0.5, 0.6) is 0 Å². The highest BCUT2D eigenvalue weighted by molar-refractivity contribution is 7.83. The first-order chi connectivity index (χ1) is 9.26. The molecule has 0 saturated heterocycles. The van der Waals surface area contributed by atoms with Gasteiger partial charge in [0, 0.05) is 33.5 Å². The van der Waals surface area contributed by atoms with E-state index in [2.05, 4.69) is 5.32 Å². The normalized spacial score (nSPS) is 14.7. The summed E-state index contributed by atoms with van der Waals surface area (Å²) in [6.45, 7) is 3.69. The van der Waals surface area contributed by atoms with Crippen LogP contribution in [0.4, 0.5) is 5.69 Å². The van der Waals surface area contributed by atoms with Gasteiger partial charge < -0.3 is 11.1 Å². The lowest BCUT2D eigenvalue weighted by atomic mass is 9.96. The van der Waals surface area contributed by atoms with Crippen molar-refractivity contribution >= 4 is 46.4 Å². The zero-order valence-corrected chi connectivity index (χ0v) is 14.8. The molecule has 0 aromatic heterocycles. The molecule has 0 aliphatic heterocycles. The molecule has 4 nitrogen and oxygen atoms in total. The Hall–Kier alpha value is -0.620. The molecule has 1 aromatic carbocycles. The molecule has 0 heterocycles. The summed E-state index contributed by atoms with van der Waals surface area (Å²) in [6.07, 6.45) is 3.05. The Morgan fingerprint density at radius 2 is 2.10 bits per heavy atom. The first-order valence-electron chi connectivity index (χ1n) is 6.45. The molecule has 1 aromatic rings. The fourth-order valence-corrected chi connectivity index (χ4v) is 2.83. The Morgan fingerprint density at radius 3 is 2.62 bits per heavy atom. The van der Waals surface area contributed by atoms with Gasteiger partial charge in [-0.05, 0) is 37.1 Å². The van der Waals surface area contributed by atoms with Crippen LogP contribution in [0.1, 0.15) is 32.3 Å². The smallest absolute Gasteiger partial charge is 0.244 e. The highest BCUT2D eigenvalue weighted by Crippen LogP contribution is 2.23. The second-order valence-electron chi connectivity index (χ2n) is 5.15. The monoisotopic (exact) mass is 352 g/mol. The molecule has 7 heteroatoms. The van der Waals surface area contributed by atoms with E-state index in [1.807, 2.05) is 6.92 Å². The summed E-state index contributed by atoms with van der Waals surface area (Å²) in [5.41, 5.74) is 6.45. The zero-order valence-electron chi connectivity index (χ0n) is 12.4. The van der Waals surface area contributed by atoms with Crippen molar-refractivity contribution in [1.29, 1.82) is 0 Å². The molecule has 3 N–H and O–H groups in total. The average Bonchev–Trinajstić information content (AvgIpc) is 2.32. The highest BCUT2D eigenvalue weighted by atomic mass is 35.5. The molecular formula is C14H22Cl2N2O2S. The number of amides is 1. The maximum absolute atomic E-state index is 12.1. The van der Waals surface area contributed by atoms with E-state index in [1.165, 1.54) is 0 Å². The van der Waals surface area contributed by atoms with Crippen LogP contribution in [-0.4, -0.2) is 21.9 Å². The third-order valence-corrected chi connectivity index (χ3v) is 4.04. The van der Waals surface area contributed by atoms with Gasteiger partial charge in [0.2, 0.25) is 5.91 Å². The summed E-state index contributed by atoms with van der Waals surface area (Å²) in [6, 6.07) is 5.14. The van der Waals surface area contributed by atoms with Crippen molar-refractivity contribution < 1.29 is 9.00 Å². The van der Waals surface area contributed by atoms with E-state index in [9.17, 15) is 9.00 Å². The largest absolute Gasteiger partial charge is 0.324 e. The predicted molar refractivity (Wildman–Crippen MR) is 92.6 cm³/mol. The van der Waals surface area contributed by atoms with Gasteiger partial charge in [-0.2, -0.15) is 0 Å². The lowest BCUT2D eigenvalue weighted by Gasteiger charge is -2.23. The van der Waals surface area contributed by atoms with Crippen molar-refractivity contribution in [2.45, 2.75) is 38.0 Å². The summed E-state index contributed by atoms with van der Waals surface area (Å²) >= 11 is 6.04. The van der Waals surface area contributed by atoms with E-state index in [-0.39, 0.29) is 18.3 Å². The molecule has 2 atom stereocenters. The van der Waals surface area contributed by atoms with Crippen LogP contribution in [0, 0.1) is 0 Å². The lowest BCUT2D eigenvalue weighted by Crippen LogP contribution is -2.48. The number of carbonyl (C=O) groups excluding carboxylic acids is 1. The van der Waals surface area contributed by atoms with Crippen LogP contribution < -0.4 is 11.1 Å². The minimum Gasteiger partial charge on any atom is -0.324 e. The van der Waals surface area contributed by atoms with Crippen molar-refractivity contribution in [3.8, 4) is 0 Å². The minimum atomic E-state index is -0.990. The molecule has 0 fully saturated rings. The second kappa shape index (κ2) is 8.73. The first kappa shape index (κ1) is 20.4. The number of halogens is 2. The Bertz CT molecular complexity index is 522. The van der Waals surface area contributed by atoms with Crippen molar-refractivity contribution in [1.82, 2.24) is 0 Å². The molecule has 21 heavy (non-hydrogen) atoms. The van der Waals surface area contributed by atoms with Crippen LogP contribution in [-0.2, 0) is 21.3 Å². The highest BCUT2D eigenvalue weighted by Gasteiger charge is 2.27. The van der Waals surface area contributed by atoms with E-state index in [0.29, 0.717) is 22.9 Å². The number of nitrogens with two attached hydrogens (primary N) is 1. The first-order valence-corrected chi connectivity index (χ1v) is 8.55. The van der Waals surface area contributed by atoms with E-state index >= 15 is 0 Å². The average molecular weight is 353 g/mol. The molecule has 1 rings (SSSR count). The summed E-state index contributed by atoms with van der Waals surface area (Å²) in [4.78, 5) is 12.1. The fraction of sp³-hybridized carbons (Fsp3) is 0.500. The number of carbonyl (C=O) groups is 1. The Labute approximate surface area is 139 Å². The van der Waals surface area contributed by atoms with Gasteiger partial charge in [0.05, 0.1) is 5.54 Å². The summed E-state index contributed by atoms with van der Waals surface area (Å²) in [5, 5.41) is 3.33. The summed E-state index contributed by atoms with van der Waals surface area (Å²) in [7, 11) is -0.990. The topological polar surface area (TPSA) is 72.2 Å². The Kier molecular flexibility index (Phi) is 8.48. The van der Waals surface area contributed by atoms with Gasteiger partial charge in [-0.25, -0.2) is 0 Å². The van der Waals surface area contributed by atoms with Crippen molar-refractivity contribution in [2.24, 2.45) is 5.73 Å². The van der Waals surface area contributed by atoms with Gasteiger partial charge in [-0.1, -0.05) is 24.9 Å². The number of nitrogens with one attached hydrogen (secondary N) is 1. The van der Waals surface area contributed by atoms with Crippen molar-refractivity contribution in [3.05, 3.63) is 28.8 Å². The van der Waals surface area contributed by atoms with Crippen molar-refractivity contribution in [2.75, 3.05) is 11.6 Å². The third kappa shape index (κ3) is 6.34. The molecule has 0 bridgehead atoms. The molecule has 0 spiro atoms. The molecule has 0 aliphatic carbocycles. The minimum absolute atomic E-state index is 0. The predicted octanol–water partition coefficient (Wildman–Crippen LogP) is 3.10. The fourth-order valence-electron chi connectivity index (χ4n) is 1.89. The second-order valence-corrected chi connectivity index (χ2v) is 6.99. The lowest BCUT2D eigenvalue weighted by molar-refractivity contribution is -0.120. The molecule has 120 valence electrons. The van der Waals surface area contributed by atoms with Crippen LogP contribution in [0.2, 0.25) is 5.02 Å². The van der Waals surface area contributed by atoms with Crippen LogP contribution in [0.3, 0.4) is 0 Å². The molecule has 1 amide bonds. The standard InChI is InChI=1S/C14H21ClN2O2S.ClH/c1-4-7-14(2,16)13(18)17-11-5-6-12(15)10(8-11)9-20(3)19;/h5-6,8H,4,7,9,16H2,1-3H3,(H,17,18);1H.